The Bertz CT molecular complexity index is 1750. The number of aromatic nitrogens is 2. The molecule has 5 aromatic rings. The van der Waals surface area contributed by atoms with Gasteiger partial charge in [-0.2, -0.15) is 9.78 Å². The van der Waals surface area contributed by atoms with Gasteiger partial charge in [-0.15, -0.1) is 0 Å². The second kappa shape index (κ2) is 11.3. The minimum Gasteiger partial charge on any atom is -0.487 e. The summed E-state index contributed by atoms with van der Waals surface area (Å²) in [6, 6.07) is 25.6. The largest absolute Gasteiger partial charge is 0.487 e. The SMILES string of the molecule is O=c1c2cc(Br)ccc2nc(C2CCCCC2)n1N=Cc1ccc(OCc2cccc3ccccc23)c(Cl)c1. The zero-order chi connectivity index (χ0) is 26.8. The molecule has 1 aliphatic rings. The summed E-state index contributed by atoms with van der Waals surface area (Å²) >= 11 is 10.1. The summed E-state index contributed by atoms with van der Waals surface area (Å²) in [5.74, 6) is 1.54. The lowest BCUT2D eigenvalue weighted by Gasteiger charge is -2.22. The van der Waals surface area contributed by atoms with Gasteiger partial charge >= 0.3 is 0 Å². The van der Waals surface area contributed by atoms with Crippen LogP contribution in [0.2, 0.25) is 5.02 Å². The molecule has 39 heavy (non-hydrogen) atoms. The lowest BCUT2D eigenvalue weighted by atomic mass is 9.88. The lowest BCUT2D eigenvalue weighted by Crippen LogP contribution is -2.25. The zero-order valence-electron chi connectivity index (χ0n) is 21.3. The molecule has 0 saturated heterocycles. The highest BCUT2D eigenvalue weighted by Crippen LogP contribution is 2.32. The molecule has 0 bridgehead atoms. The zero-order valence-corrected chi connectivity index (χ0v) is 23.7. The molecule has 1 fully saturated rings. The number of hydrogen-bond acceptors (Lipinski definition) is 4. The number of benzene rings is 4. The molecular formula is C32H27BrClN3O2. The average Bonchev–Trinajstić information content (AvgIpc) is 2.97. The molecule has 1 aromatic heterocycles. The van der Waals surface area contributed by atoms with Crippen LogP contribution in [0.1, 0.15) is 55.0 Å². The number of fused-ring (bicyclic) bond motifs is 2. The third-order valence-corrected chi connectivity index (χ3v) is 8.13. The molecule has 0 unspecified atom stereocenters. The normalized spacial score (nSPS) is 14.4. The van der Waals surface area contributed by atoms with Crippen LogP contribution in [0.15, 0.2) is 93.2 Å². The van der Waals surface area contributed by atoms with E-state index < -0.39 is 0 Å². The van der Waals surface area contributed by atoms with Gasteiger partial charge in [-0.25, -0.2) is 4.98 Å². The maximum Gasteiger partial charge on any atom is 0.282 e. The van der Waals surface area contributed by atoms with Crippen molar-refractivity contribution in [3.8, 4) is 5.75 Å². The van der Waals surface area contributed by atoms with Crippen LogP contribution in [0.3, 0.4) is 0 Å². The Morgan fingerprint density at radius 3 is 2.64 bits per heavy atom. The summed E-state index contributed by atoms with van der Waals surface area (Å²) in [6.45, 7) is 0.410. The fourth-order valence-corrected chi connectivity index (χ4v) is 5.92. The van der Waals surface area contributed by atoms with E-state index in [2.05, 4.69) is 45.3 Å². The van der Waals surface area contributed by atoms with E-state index in [-0.39, 0.29) is 11.5 Å². The Balaban J connectivity index is 1.28. The van der Waals surface area contributed by atoms with Crippen LogP contribution >= 0.6 is 27.5 Å². The van der Waals surface area contributed by atoms with Gasteiger partial charge in [0, 0.05) is 10.4 Å². The van der Waals surface area contributed by atoms with Gasteiger partial charge in [-0.05, 0) is 71.1 Å². The summed E-state index contributed by atoms with van der Waals surface area (Å²) in [6.07, 6.45) is 7.19. The van der Waals surface area contributed by atoms with E-state index >= 15 is 0 Å². The Labute approximate surface area is 240 Å². The van der Waals surface area contributed by atoms with E-state index in [0.29, 0.717) is 28.3 Å². The highest BCUT2D eigenvalue weighted by Gasteiger charge is 2.22. The third kappa shape index (κ3) is 5.49. The van der Waals surface area contributed by atoms with Gasteiger partial charge in [-0.1, -0.05) is 89.3 Å². The van der Waals surface area contributed by atoms with E-state index in [1.165, 1.54) is 16.5 Å². The number of halogens is 2. The van der Waals surface area contributed by atoms with Crippen LogP contribution in [0.4, 0.5) is 0 Å². The summed E-state index contributed by atoms with van der Waals surface area (Å²) in [7, 11) is 0. The Kier molecular flexibility index (Phi) is 7.49. The van der Waals surface area contributed by atoms with Crippen LogP contribution in [0.25, 0.3) is 21.7 Å². The van der Waals surface area contributed by atoms with Gasteiger partial charge < -0.3 is 4.74 Å². The molecule has 7 heteroatoms. The van der Waals surface area contributed by atoms with Gasteiger partial charge in [0.25, 0.3) is 5.56 Å². The number of nitrogens with zero attached hydrogens (tertiary/aromatic N) is 3. The average molecular weight is 601 g/mol. The van der Waals surface area contributed by atoms with Crippen LogP contribution in [0.5, 0.6) is 5.75 Å². The molecule has 1 saturated carbocycles. The van der Waals surface area contributed by atoms with Crippen LogP contribution in [-0.2, 0) is 6.61 Å². The molecule has 0 atom stereocenters. The lowest BCUT2D eigenvalue weighted by molar-refractivity contribution is 0.308. The monoisotopic (exact) mass is 599 g/mol. The predicted molar refractivity (Wildman–Crippen MR) is 162 cm³/mol. The Morgan fingerprint density at radius 2 is 1.79 bits per heavy atom. The summed E-state index contributed by atoms with van der Waals surface area (Å²) in [5, 5.41) is 7.99. The first-order valence-electron chi connectivity index (χ1n) is 13.2. The first kappa shape index (κ1) is 25.8. The molecular weight excluding hydrogens is 574 g/mol. The van der Waals surface area contributed by atoms with Gasteiger partial charge in [0.05, 0.1) is 22.1 Å². The van der Waals surface area contributed by atoms with E-state index in [9.17, 15) is 4.79 Å². The van der Waals surface area contributed by atoms with Crippen LogP contribution in [0, 0.1) is 0 Å². The molecule has 1 aliphatic carbocycles. The Hall–Kier alpha value is -3.48. The molecule has 0 N–H and O–H groups in total. The van der Waals surface area contributed by atoms with Gasteiger partial charge in [0.15, 0.2) is 0 Å². The van der Waals surface area contributed by atoms with E-state index in [1.807, 2.05) is 42.5 Å². The molecule has 5 nitrogen and oxygen atoms in total. The Morgan fingerprint density at radius 1 is 0.974 bits per heavy atom. The van der Waals surface area contributed by atoms with Crippen molar-refractivity contribution in [1.82, 2.24) is 9.66 Å². The van der Waals surface area contributed by atoms with E-state index in [4.69, 9.17) is 21.3 Å². The highest BCUT2D eigenvalue weighted by molar-refractivity contribution is 9.10. The molecule has 4 aromatic carbocycles. The van der Waals surface area contributed by atoms with E-state index in [1.54, 1.807) is 18.3 Å². The molecule has 0 amide bonds. The predicted octanol–water partition coefficient (Wildman–Crippen LogP) is 8.47. The first-order chi connectivity index (χ1) is 19.1. The minimum atomic E-state index is -0.167. The molecule has 196 valence electrons. The molecule has 1 heterocycles. The van der Waals surface area contributed by atoms with Crippen LogP contribution < -0.4 is 10.3 Å². The van der Waals surface area contributed by atoms with Crippen molar-refractivity contribution in [3.05, 3.63) is 116 Å². The standard InChI is InChI=1S/C32H27BrClN3O2/c33-25-14-15-29-27(18-25)32(38)37(31(36-29)23-8-2-1-3-9-23)35-19-21-13-16-30(28(34)17-21)39-20-24-11-6-10-22-7-4-5-12-26(22)24/h4-7,10-19,23H,1-3,8-9,20H2. The molecule has 0 spiro atoms. The fraction of sp³-hybridized carbons (Fsp3) is 0.219. The third-order valence-electron chi connectivity index (χ3n) is 7.35. The summed E-state index contributed by atoms with van der Waals surface area (Å²) in [4.78, 5) is 18.4. The van der Waals surface area contributed by atoms with Crippen molar-refractivity contribution in [3.63, 3.8) is 0 Å². The summed E-state index contributed by atoms with van der Waals surface area (Å²) in [5.41, 5.74) is 2.40. The van der Waals surface area contributed by atoms with Crippen molar-refractivity contribution in [2.45, 2.75) is 44.6 Å². The van der Waals surface area contributed by atoms with Gasteiger partial charge in [0.2, 0.25) is 0 Å². The number of ether oxygens (including phenoxy) is 1. The topological polar surface area (TPSA) is 56.5 Å². The molecule has 0 aliphatic heterocycles. The van der Waals surface area contributed by atoms with Gasteiger partial charge in [-0.3, -0.25) is 4.79 Å². The van der Waals surface area contributed by atoms with E-state index in [0.717, 1.165) is 52.5 Å². The quantitative estimate of drug-likeness (QED) is 0.184. The molecule has 6 rings (SSSR count). The number of rotatable bonds is 6. The highest BCUT2D eigenvalue weighted by atomic mass is 79.9. The number of hydrogen-bond donors (Lipinski definition) is 0. The maximum atomic E-state index is 13.5. The molecule has 0 radical (unpaired) electrons. The first-order valence-corrected chi connectivity index (χ1v) is 14.4. The maximum absolute atomic E-state index is 13.5. The van der Waals surface area contributed by atoms with Crippen molar-refractivity contribution >= 4 is 55.4 Å². The smallest absolute Gasteiger partial charge is 0.282 e. The van der Waals surface area contributed by atoms with Gasteiger partial charge in [0.1, 0.15) is 18.2 Å². The second-order valence-electron chi connectivity index (χ2n) is 9.94. The minimum absolute atomic E-state index is 0.167. The van der Waals surface area contributed by atoms with Crippen molar-refractivity contribution in [2.24, 2.45) is 5.10 Å². The van der Waals surface area contributed by atoms with Crippen molar-refractivity contribution in [1.29, 1.82) is 0 Å². The van der Waals surface area contributed by atoms with Crippen molar-refractivity contribution in [2.75, 3.05) is 0 Å². The summed E-state index contributed by atoms with van der Waals surface area (Å²) < 4.78 is 8.39. The second-order valence-corrected chi connectivity index (χ2v) is 11.3. The van der Waals surface area contributed by atoms with Crippen LogP contribution in [-0.4, -0.2) is 15.9 Å². The fourth-order valence-electron chi connectivity index (χ4n) is 5.32. The van der Waals surface area contributed by atoms with Crippen molar-refractivity contribution < 1.29 is 4.74 Å².